The zero-order valence-corrected chi connectivity index (χ0v) is 18.1. The van der Waals surface area contributed by atoms with Gasteiger partial charge in [0.05, 0.1) is 21.8 Å². The van der Waals surface area contributed by atoms with Crippen LogP contribution in [0.2, 0.25) is 0 Å². The molecule has 0 spiro atoms. The summed E-state index contributed by atoms with van der Waals surface area (Å²) < 4.78 is 12.1. The lowest BCUT2D eigenvalue weighted by molar-refractivity contribution is 0.0702. The van der Waals surface area contributed by atoms with E-state index in [4.69, 9.17) is 14.2 Å². The molecule has 0 unspecified atom stereocenters. The Balaban J connectivity index is 1.23. The number of thiazole rings is 1. The van der Waals surface area contributed by atoms with Crippen LogP contribution in [0.4, 0.5) is 0 Å². The SMILES string of the molecule is CCOc1ccc(-c2cc(C(=O)N3CCC(c4nc5ccccc5s4)CC3)no2)cc1. The van der Waals surface area contributed by atoms with Gasteiger partial charge < -0.3 is 14.2 Å². The number of amides is 1. The summed E-state index contributed by atoms with van der Waals surface area (Å²) in [4.78, 5) is 19.6. The van der Waals surface area contributed by atoms with Gasteiger partial charge in [-0.2, -0.15) is 0 Å². The van der Waals surface area contributed by atoms with Crippen LogP contribution >= 0.6 is 11.3 Å². The minimum absolute atomic E-state index is 0.0799. The van der Waals surface area contributed by atoms with E-state index in [0.717, 1.165) is 29.7 Å². The Labute approximate surface area is 184 Å². The third kappa shape index (κ3) is 4.05. The van der Waals surface area contributed by atoms with Crippen molar-refractivity contribution in [2.24, 2.45) is 0 Å². The maximum Gasteiger partial charge on any atom is 0.276 e. The second-order valence-corrected chi connectivity index (χ2v) is 8.68. The van der Waals surface area contributed by atoms with Gasteiger partial charge >= 0.3 is 0 Å². The number of benzene rings is 2. The Hall–Kier alpha value is -3.19. The Morgan fingerprint density at radius 3 is 2.68 bits per heavy atom. The first kappa shape index (κ1) is 19.8. The standard InChI is InChI=1S/C24H23N3O3S/c1-2-29-18-9-7-16(8-10-18)21-15-20(26-30-21)24(28)27-13-11-17(12-14-27)23-25-19-5-3-4-6-22(19)31-23/h3-10,15,17H,2,11-14H2,1H3. The van der Waals surface area contributed by atoms with Gasteiger partial charge in [0.25, 0.3) is 5.91 Å². The third-order valence-corrected chi connectivity index (χ3v) is 6.82. The van der Waals surface area contributed by atoms with Crippen molar-refractivity contribution >= 4 is 27.5 Å². The van der Waals surface area contributed by atoms with Crippen LogP contribution in [-0.4, -0.2) is 40.6 Å². The van der Waals surface area contributed by atoms with Crippen molar-refractivity contribution in [1.82, 2.24) is 15.0 Å². The second-order valence-electron chi connectivity index (χ2n) is 7.62. The van der Waals surface area contributed by atoms with Gasteiger partial charge in [0, 0.05) is 30.6 Å². The van der Waals surface area contributed by atoms with E-state index in [0.29, 0.717) is 37.1 Å². The van der Waals surface area contributed by atoms with Gasteiger partial charge in [-0.05, 0) is 56.2 Å². The molecular weight excluding hydrogens is 410 g/mol. The number of aromatic nitrogens is 2. The van der Waals surface area contributed by atoms with Crippen molar-refractivity contribution in [2.75, 3.05) is 19.7 Å². The largest absolute Gasteiger partial charge is 0.494 e. The summed E-state index contributed by atoms with van der Waals surface area (Å²) in [6, 6.07) is 17.5. The molecule has 2 aromatic carbocycles. The lowest BCUT2D eigenvalue weighted by Gasteiger charge is -2.30. The first-order valence-electron chi connectivity index (χ1n) is 10.6. The average molecular weight is 434 g/mol. The van der Waals surface area contributed by atoms with Crippen molar-refractivity contribution in [3.05, 3.63) is 65.3 Å². The summed E-state index contributed by atoms with van der Waals surface area (Å²) in [5, 5.41) is 5.20. The molecule has 0 bridgehead atoms. The molecule has 0 atom stereocenters. The molecule has 1 amide bonds. The van der Waals surface area contributed by atoms with Crippen LogP contribution in [0.1, 0.15) is 41.2 Å². The lowest BCUT2D eigenvalue weighted by atomic mass is 9.97. The molecule has 4 aromatic rings. The number of ether oxygens (including phenoxy) is 1. The van der Waals surface area contributed by atoms with E-state index in [2.05, 4.69) is 17.3 Å². The molecule has 158 valence electrons. The minimum atomic E-state index is -0.0799. The predicted octanol–water partition coefficient (Wildman–Crippen LogP) is 5.37. The van der Waals surface area contributed by atoms with Crippen LogP contribution in [0.5, 0.6) is 5.75 Å². The fraction of sp³-hybridized carbons (Fsp3) is 0.292. The molecule has 7 heteroatoms. The number of likely N-dealkylation sites (tertiary alicyclic amines) is 1. The van der Waals surface area contributed by atoms with Gasteiger partial charge in [0.1, 0.15) is 5.75 Å². The van der Waals surface area contributed by atoms with Gasteiger partial charge in [0.2, 0.25) is 0 Å². The third-order valence-electron chi connectivity index (χ3n) is 5.62. The van der Waals surface area contributed by atoms with E-state index in [-0.39, 0.29) is 5.91 Å². The van der Waals surface area contributed by atoms with Crippen molar-refractivity contribution < 1.29 is 14.1 Å². The molecule has 0 radical (unpaired) electrons. The summed E-state index contributed by atoms with van der Waals surface area (Å²) in [7, 11) is 0. The first-order valence-corrected chi connectivity index (χ1v) is 11.4. The number of carbonyl (C=O) groups excluding carboxylic acids is 1. The van der Waals surface area contributed by atoms with E-state index in [1.807, 2.05) is 48.2 Å². The first-order chi connectivity index (χ1) is 15.2. The maximum absolute atomic E-state index is 12.9. The number of hydrogen-bond donors (Lipinski definition) is 0. The van der Waals surface area contributed by atoms with Crippen LogP contribution < -0.4 is 4.74 Å². The quantitative estimate of drug-likeness (QED) is 0.423. The number of nitrogens with zero attached hydrogens (tertiary/aromatic N) is 3. The van der Waals surface area contributed by atoms with Crippen LogP contribution in [0.3, 0.4) is 0 Å². The molecule has 31 heavy (non-hydrogen) atoms. The van der Waals surface area contributed by atoms with Gasteiger partial charge in [-0.25, -0.2) is 4.98 Å². The number of carbonyl (C=O) groups is 1. The van der Waals surface area contributed by atoms with Gasteiger partial charge in [0.15, 0.2) is 11.5 Å². The summed E-state index contributed by atoms with van der Waals surface area (Å²) in [6.07, 6.45) is 1.82. The molecule has 3 heterocycles. The highest BCUT2D eigenvalue weighted by Gasteiger charge is 2.28. The molecule has 0 N–H and O–H groups in total. The smallest absolute Gasteiger partial charge is 0.276 e. The normalized spacial score (nSPS) is 14.8. The van der Waals surface area contributed by atoms with Crippen molar-refractivity contribution in [3.63, 3.8) is 0 Å². The topological polar surface area (TPSA) is 68.5 Å². The van der Waals surface area contributed by atoms with Gasteiger partial charge in [-0.1, -0.05) is 17.3 Å². The van der Waals surface area contributed by atoms with E-state index >= 15 is 0 Å². The molecule has 0 saturated carbocycles. The molecular formula is C24H23N3O3S. The Morgan fingerprint density at radius 1 is 1.16 bits per heavy atom. The molecule has 6 nitrogen and oxygen atoms in total. The van der Waals surface area contributed by atoms with Crippen molar-refractivity contribution in [3.8, 4) is 17.1 Å². The van der Waals surface area contributed by atoms with Crippen LogP contribution in [0.25, 0.3) is 21.5 Å². The Morgan fingerprint density at radius 2 is 1.94 bits per heavy atom. The summed E-state index contributed by atoms with van der Waals surface area (Å²) in [6.45, 7) is 3.97. The zero-order valence-electron chi connectivity index (χ0n) is 17.3. The highest BCUT2D eigenvalue weighted by atomic mass is 32.1. The van der Waals surface area contributed by atoms with Gasteiger partial charge in [-0.15, -0.1) is 11.3 Å². The number of hydrogen-bond acceptors (Lipinski definition) is 6. The summed E-state index contributed by atoms with van der Waals surface area (Å²) in [5.41, 5.74) is 2.28. The van der Waals surface area contributed by atoms with Crippen molar-refractivity contribution in [1.29, 1.82) is 0 Å². The monoisotopic (exact) mass is 433 g/mol. The molecule has 0 aliphatic carbocycles. The maximum atomic E-state index is 12.9. The average Bonchev–Trinajstić information content (AvgIpc) is 3.47. The molecule has 1 aliphatic heterocycles. The molecule has 1 aliphatic rings. The summed E-state index contributed by atoms with van der Waals surface area (Å²) >= 11 is 1.76. The Kier molecular flexibility index (Phi) is 5.42. The van der Waals surface area contributed by atoms with E-state index in [9.17, 15) is 4.79 Å². The highest BCUT2D eigenvalue weighted by Crippen LogP contribution is 2.34. The number of fused-ring (bicyclic) bond motifs is 1. The summed E-state index contributed by atoms with van der Waals surface area (Å²) in [5.74, 6) is 1.70. The van der Waals surface area contributed by atoms with Crippen LogP contribution in [0.15, 0.2) is 59.1 Å². The van der Waals surface area contributed by atoms with E-state index in [1.165, 1.54) is 9.71 Å². The molecule has 2 aromatic heterocycles. The van der Waals surface area contributed by atoms with Crippen LogP contribution in [0, 0.1) is 0 Å². The van der Waals surface area contributed by atoms with Crippen molar-refractivity contribution in [2.45, 2.75) is 25.7 Å². The highest BCUT2D eigenvalue weighted by molar-refractivity contribution is 7.18. The molecule has 5 rings (SSSR count). The van der Waals surface area contributed by atoms with Crippen LogP contribution in [-0.2, 0) is 0 Å². The number of rotatable bonds is 5. The minimum Gasteiger partial charge on any atom is -0.494 e. The Bertz CT molecular complexity index is 1160. The predicted molar refractivity (Wildman–Crippen MR) is 121 cm³/mol. The molecule has 1 fully saturated rings. The van der Waals surface area contributed by atoms with E-state index < -0.39 is 0 Å². The lowest BCUT2D eigenvalue weighted by Crippen LogP contribution is -2.38. The molecule has 1 saturated heterocycles. The fourth-order valence-electron chi connectivity index (χ4n) is 3.95. The van der Waals surface area contributed by atoms with E-state index in [1.54, 1.807) is 17.4 Å². The zero-order chi connectivity index (χ0) is 21.2. The fourth-order valence-corrected chi connectivity index (χ4v) is 5.09. The number of para-hydroxylation sites is 1. The number of piperidine rings is 1. The van der Waals surface area contributed by atoms with Gasteiger partial charge in [-0.3, -0.25) is 4.79 Å². The second kappa shape index (κ2) is 8.51.